The largest absolute Gasteiger partial charge is 0.320 e. The Hall–Kier alpha value is -1.35. The predicted molar refractivity (Wildman–Crippen MR) is 79.6 cm³/mol. The van der Waals surface area contributed by atoms with Gasteiger partial charge in [-0.25, -0.2) is 8.42 Å². The fourth-order valence-corrected chi connectivity index (χ4v) is 4.30. The third-order valence-corrected chi connectivity index (χ3v) is 5.56. The molecule has 1 aliphatic rings. The van der Waals surface area contributed by atoms with E-state index in [4.69, 9.17) is 5.73 Å². The molecule has 1 unspecified atom stereocenters. The van der Waals surface area contributed by atoms with Crippen molar-refractivity contribution in [1.82, 2.24) is 4.31 Å². The highest BCUT2D eigenvalue weighted by Crippen LogP contribution is 2.27. The van der Waals surface area contributed by atoms with Gasteiger partial charge in [-0.3, -0.25) is 0 Å². The van der Waals surface area contributed by atoms with E-state index in [9.17, 15) is 8.42 Å². The Morgan fingerprint density at radius 1 is 1.35 bits per heavy atom. The van der Waals surface area contributed by atoms with Crippen molar-refractivity contribution in [2.75, 3.05) is 13.1 Å². The van der Waals surface area contributed by atoms with Gasteiger partial charge in [0.05, 0.1) is 11.4 Å². The molecular weight excluding hydrogens is 272 g/mol. The van der Waals surface area contributed by atoms with E-state index in [0.29, 0.717) is 18.0 Å². The Morgan fingerprint density at radius 2 is 2.05 bits per heavy atom. The lowest BCUT2D eigenvalue weighted by atomic mass is 10.2. The highest BCUT2D eigenvalue weighted by Gasteiger charge is 2.33. The second-order valence-electron chi connectivity index (χ2n) is 4.85. The zero-order valence-electron chi connectivity index (χ0n) is 11.7. The standard InChI is InChI=1S/C15H20N2O2S/c1-2-14-6-4-12-17(14)20(18,19)15-9-7-13(8-10-15)5-3-11-16/h7-10,14H,2,4,6,11-12,16H2,1H3. The Kier molecular flexibility index (Phi) is 4.81. The lowest BCUT2D eigenvalue weighted by Crippen LogP contribution is -2.35. The van der Waals surface area contributed by atoms with Gasteiger partial charge in [0.25, 0.3) is 0 Å². The minimum Gasteiger partial charge on any atom is -0.320 e. The first kappa shape index (κ1) is 15.0. The van der Waals surface area contributed by atoms with Crippen LogP contribution in [-0.2, 0) is 10.0 Å². The van der Waals surface area contributed by atoms with E-state index in [-0.39, 0.29) is 6.04 Å². The SMILES string of the molecule is CCC1CCCN1S(=O)(=O)c1ccc(C#CCN)cc1. The molecule has 0 spiro atoms. The molecule has 108 valence electrons. The van der Waals surface area contributed by atoms with Crippen LogP contribution < -0.4 is 5.73 Å². The topological polar surface area (TPSA) is 63.4 Å². The highest BCUT2D eigenvalue weighted by molar-refractivity contribution is 7.89. The molecule has 0 radical (unpaired) electrons. The normalized spacial score (nSPS) is 19.6. The fourth-order valence-electron chi connectivity index (χ4n) is 2.53. The van der Waals surface area contributed by atoms with Crippen LogP contribution in [0, 0.1) is 11.8 Å². The number of rotatable bonds is 3. The van der Waals surface area contributed by atoms with Gasteiger partial charge >= 0.3 is 0 Å². The van der Waals surface area contributed by atoms with Crippen LogP contribution in [0.4, 0.5) is 0 Å². The summed E-state index contributed by atoms with van der Waals surface area (Å²) in [5, 5.41) is 0. The number of hydrogen-bond donors (Lipinski definition) is 1. The van der Waals surface area contributed by atoms with Crippen molar-refractivity contribution < 1.29 is 8.42 Å². The fraction of sp³-hybridized carbons (Fsp3) is 0.467. The molecule has 0 aliphatic carbocycles. The van der Waals surface area contributed by atoms with E-state index in [1.807, 2.05) is 6.92 Å². The van der Waals surface area contributed by atoms with Gasteiger partial charge in [-0.1, -0.05) is 18.8 Å². The van der Waals surface area contributed by atoms with Gasteiger partial charge in [0.2, 0.25) is 10.0 Å². The molecule has 2 rings (SSSR count). The van der Waals surface area contributed by atoms with Crippen LogP contribution in [0.3, 0.4) is 0 Å². The molecule has 4 nitrogen and oxygen atoms in total. The van der Waals surface area contributed by atoms with Crippen molar-refractivity contribution >= 4 is 10.0 Å². The minimum absolute atomic E-state index is 0.136. The smallest absolute Gasteiger partial charge is 0.243 e. The average Bonchev–Trinajstić information content (AvgIpc) is 2.95. The maximum Gasteiger partial charge on any atom is 0.243 e. The molecule has 20 heavy (non-hydrogen) atoms. The zero-order valence-corrected chi connectivity index (χ0v) is 12.5. The summed E-state index contributed by atoms with van der Waals surface area (Å²) in [6.07, 6.45) is 2.76. The van der Waals surface area contributed by atoms with Gasteiger partial charge in [0, 0.05) is 18.2 Å². The monoisotopic (exact) mass is 292 g/mol. The Morgan fingerprint density at radius 3 is 2.65 bits per heavy atom. The summed E-state index contributed by atoms with van der Waals surface area (Å²) in [6.45, 7) is 2.95. The summed E-state index contributed by atoms with van der Waals surface area (Å²) in [7, 11) is -3.38. The first-order valence-corrected chi connectivity index (χ1v) is 8.34. The molecule has 1 atom stereocenters. The first-order chi connectivity index (χ1) is 9.59. The third-order valence-electron chi connectivity index (χ3n) is 3.59. The second kappa shape index (κ2) is 6.40. The van der Waals surface area contributed by atoms with Crippen molar-refractivity contribution in [3.05, 3.63) is 29.8 Å². The van der Waals surface area contributed by atoms with Crippen molar-refractivity contribution in [1.29, 1.82) is 0 Å². The average molecular weight is 292 g/mol. The lowest BCUT2D eigenvalue weighted by molar-refractivity contribution is 0.379. The summed E-state index contributed by atoms with van der Waals surface area (Å²) >= 11 is 0. The van der Waals surface area contributed by atoms with Crippen LogP contribution >= 0.6 is 0 Å². The molecule has 0 bridgehead atoms. The van der Waals surface area contributed by atoms with Crippen molar-refractivity contribution in [3.8, 4) is 11.8 Å². The number of nitrogens with two attached hydrogens (primary N) is 1. The number of nitrogens with zero attached hydrogens (tertiary/aromatic N) is 1. The number of benzene rings is 1. The van der Waals surface area contributed by atoms with Gasteiger partial charge < -0.3 is 5.73 Å². The van der Waals surface area contributed by atoms with E-state index < -0.39 is 10.0 Å². The molecule has 1 aliphatic heterocycles. The second-order valence-corrected chi connectivity index (χ2v) is 6.74. The Bertz CT molecular complexity index is 612. The summed E-state index contributed by atoms with van der Waals surface area (Å²) < 4.78 is 26.8. The molecule has 0 saturated carbocycles. The first-order valence-electron chi connectivity index (χ1n) is 6.90. The molecule has 0 aromatic heterocycles. The minimum atomic E-state index is -3.38. The van der Waals surface area contributed by atoms with Crippen LogP contribution in [-0.4, -0.2) is 31.9 Å². The molecule has 1 heterocycles. The van der Waals surface area contributed by atoms with Crippen LogP contribution in [0.5, 0.6) is 0 Å². The highest BCUT2D eigenvalue weighted by atomic mass is 32.2. The summed E-state index contributed by atoms with van der Waals surface area (Å²) in [5.41, 5.74) is 6.09. The molecule has 1 saturated heterocycles. The van der Waals surface area contributed by atoms with E-state index >= 15 is 0 Å². The summed E-state index contributed by atoms with van der Waals surface area (Å²) in [6, 6.07) is 6.85. The zero-order chi connectivity index (χ0) is 14.6. The van der Waals surface area contributed by atoms with Crippen molar-refractivity contribution in [2.45, 2.75) is 37.1 Å². The van der Waals surface area contributed by atoms with E-state index in [1.165, 1.54) is 0 Å². The molecule has 5 heteroatoms. The van der Waals surface area contributed by atoms with Gasteiger partial charge in [-0.05, 0) is 43.5 Å². The van der Waals surface area contributed by atoms with Crippen LogP contribution in [0.25, 0.3) is 0 Å². The van der Waals surface area contributed by atoms with Gasteiger partial charge in [-0.15, -0.1) is 0 Å². The summed E-state index contributed by atoms with van der Waals surface area (Å²) in [4.78, 5) is 0.344. The van der Waals surface area contributed by atoms with E-state index in [0.717, 1.165) is 24.8 Å². The van der Waals surface area contributed by atoms with Gasteiger partial charge in [0.15, 0.2) is 0 Å². The quantitative estimate of drug-likeness (QED) is 0.860. The maximum atomic E-state index is 12.6. The van der Waals surface area contributed by atoms with Crippen LogP contribution in [0.2, 0.25) is 0 Å². The van der Waals surface area contributed by atoms with Crippen LogP contribution in [0.15, 0.2) is 29.2 Å². The summed E-state index contributed by atoms with van der Waals surface area (Å²) in [5.74, 6) is 5.64. The van der Waals surface area contributed by atoms with Crippen molar-refractivity contribution in [2.24, 2.45) is 5.73 Å². The molecule has 1 aromatic rings. The van der Waals surface area contributed by atoms with E-state index in [1.54, 1.807) is 28.6 Å². The van der Waals surface area contributed by atoms with Gasteiger partial charge in [-0.2, -0.15) is 4.31 Å². The lowest BCUT2D eigenvalue weighted by Gasteiger charge is -2.22. The molecular formula is C15H20N2O2S. The van der Waals surface area contributed by atoms with Crippen molar-refractivity contribution in [3.63, 3.8) is 0 Å². The maximum absolute atomic E-state index is 12.6. The predicted octanol–water partition coefficient (Wildman–Crippen LogP) is 1.56. The van der Waals surface area contributed by atoms with E-state index in [2.05, 4.69) is 11.8 Å². The van der Waals surface area contributed by atoms with Crippen LogP contribution in [0.1, 0.15) is 31.7 Å². The van der Waals surface area contributed by atoms with Gasteiger partial charge in [0.1, 0.15) is 0 Å². The molecule has 1 fully saturated rings. The molecule has 2 N–H and O–H groups in total. The number of hydrogen-bond acceptors (Lipinski definition) is 3. The number of sulfonamides is 1. The Labute approximate surface area is 121 Å². The Balaban J connectivity index is 2.26. The third kappa shape index (κ3) is 3.04. The molecule has 1 aromatic carbocycles. The molecule has 0 amide bonds.